The largest absolute Gasteiger partial charge is 0.434 e. The number of halogens is 2. The van der Waals surface area contributed by atoms with Crippen molar-refractivity contribution in [1.82, 2.24) is 20.2 Å². The summed E-state index contributed by atoms with van der Waals surface area (Å²) in [4.78, 5) is 37.3. The van der Waals surface area contributed by atoms with Crippen LogP contribution in [0, 0.1) is 0 Å². The van der Waals surface area contributed by atoms with E-state index in [1.54, 1.807) is 48.5 Å². The number of aromatic nitrogens is 2. The minimum atomic E-state index is -3.03. The molecule has 10 nitrogen and oxygen atoms in total. The number of rotatable bonds is 9. The minimum absolute atomic E-state index is 0.0196. The maximum absolute atomic E-state index is 13.0. The number of carbonyl (C=O) groups excluding carboxylic acids is 2. The number of hydrogen-bond donors (Lipinski definition) is 3. The number of nitrogens with zero attached hydrogens (tertiary/aromatic N) is 4. The molecule has 0 aliphatic carbocycles. The number of piperazine rings is 1. The van der Waals surface area contributed by atoms with E-state index in [-0.39, 0.29) is 36.8 Å². The first-order valence-corrected chi connectivity index (χ1v) is 12.8. The van der Waals surface area contributed by atoms with Crippen LogP contribution in [0.2, 0.25) is 0 Å². The molecule has 1 saturated heterocycles. The summed E-state index contributed by atoms with van der Waals surface area (Å²) in [5.74, 6) is 0.213. The van der Waals surface area contributed by atoms with Gasteiger partial charge in [0.05, 0.1) is 12.2 Å². The molecule has 1 atom stereocenters. The Morgan fingerprint density at radius 2 is 1.90 bits per heavy atom. The summed E-state index contributed by atoms with van der Waals surface area (Å²) in [7, 11) is 1.51. The summed E-state index contributed by atoms with van der Waals surface area (Å²) in [6.45, 7) is 2.03. The van der Waals surface area contributed by atoms with Crippen molar-refractivity contribution in [3.05, 3.63) is 65.5 Å². The summed E-state index contributed by atoms with van der Waals surface area (Å²) in [5, 5.41) is 15.5. The highest BCUT2D eigenvalue weighted by Gasteiger charge is 2.26. The number of hydrogen-bond acceptors (Lipinski definition) is 8. The third-order valence-electron chi connectivity index (χ3n) is 6.86. The molecule has 2 heterocycles. The van der Waals surface area contributed by atoms with Gasteiger partial charge in [0.25, 0.3) is 5.91 Å². The van der Waals surface area contributed by atoms with E-state index in [0.717, 1.165) is 5.56 Å². The molecule has 12 heteroatoms. The Kier molecular flexibility index (Phi) is 9.10. The fraction of sp³-hybridized carbons (Fsp3) is 0.357. The molecule has 212 valence electrons. The molecule has 1 unspecified atom stereocenters. The lowest BCUT2D eigenvalue weighted by atomic mass is 10.0. The number of alkyl halides is 2. The molecular weight excluding hydrogens is 522 g/mol. The van der Waals surface area contributed by atoms with Gasteiger partial charge in [-0.1, -0.05) is 18.2 Å². The number of aliphatic hydroxyl groups is 1. The first kappa shape index (κ1) is 28.7. The summed E-state index contributed by atoms with van der Waals surface area (Å²) in [6.07, 6.45) is 3.39. The fourth-order valence-corrected chi connectivity index (χ4v) is 4.71. The number of aliphatic hydroxyl groups excluding tert-OH is 1. The Hall–Kier alpha value is -4.32. The minimum Gasteiger partial charge on any atom is -0.434 e. The van der Waals surface area contributed by atoms with Crippen molar-refractivity contribution in [2.75, 3.05) is 36.9 Å². The van der Waals surface area contributed by atoms with E-state index in [2.05, 4.69) is 30.2 Å². The summed E-state index contributed by atoms with van der Waals surface area (Å²) >= 11 is 0. The molecule has 3 N–H and O–H groups in total. The Bertz CT molecular complexity index is 1360. The van der Waals surface area contributed by atoms with E-state index >= 15 is 0 Å². The molecule has 1 aromatic heterocycles. The lowest BCUT2D eigenvalue weighted by Gasteiger charge is -2.39. The van der Waals surface area contributed by atoms with Gasteiger partial charge < -0.3 is 30.3 Å². The lowest BCUT2D eigenvalue weighted by molar-refractivity contribution is -0.129. The predicted molar refractivity (Wildman–Crippen MR) is 146 cm³/mol. The lowest BCUT2D eigenvalue weighted by Crippen LogP contribution is -2.53. The maximum Gasteiger partial charge on any atom is 0.387 e. The van der Waals surface area contributed by atoms with Crippen molar-refractivity contribution >= 4 is 23.5 Å². The second-order valence-electron chi connectivity index (χ2n) is 9.40. The monoisotopic (exact) mass is 554 g/mol. The first-order valence-electron chi connectivity index (χ1n) is 12.8. The molecule has 1 aliphatic heterocycles. The SMILES string of the molecule is CNC(=O)c1ccc(-c2cnc(N3CCN(C(C)=O)CC3C)nc2)cc1NCc1c(CO)cccc1OC(F)F. The van der Waals surface area contributed by atoms with Gasteiger partial charge in [-0.3, -0.25) is 9.59 Å². The topological polar surface area (TPSA) is 120 Å². The van der Waals surface area contributed by atoms with Gasteiger partial charge in [0.2, 0.25) is 11.9 Å². The molecule has 0 radical (unpaired) electrons. The standard InChI is InChI=1S/C28H32F2N6O4/c1-17-15-35(18(2)38)9-10-36(17)28-33-12-21(13-34-28)19-7-8-22(26(39)31-3)24(11-19)32-14-23-20(16-37)5-4-6-25(23)40-27(29)30/h4-8,11-13,17,27,32,37H,9-10,14-16H2,1-3H3,(H,31,39). The molecule has 0 bridgehead atoms. The van der Waals surface area contributed by atoms with Crippen molar-refractivity contribution in [1.29, 1.82) is 0 Å². The molecule has 1 fully saturated rings. The number of carbonyl (C=O) groups is 2. The molecule has 1 aliphatic rings. The van der Waals surface area contributed by atoms with Crippen molar-refractivity contribution < 1.29 is 28.2 Å². The summed E-state index contributed by atoms with van der Waals surface area (Å²) in [5.41, 5.74) is 3.01. The quantitative estimate of drug-likeness (QED) is 0.369. The average Bonchev–Trinajstić information content (AvgIpc) is 2.95. The van der Waals surface area contributed by atoms with Crippen LogP contribution in [0.3, 0.4) is 0 Å². The molecule has 4 rings (SSSR count). The smallest absolute Gasteiger partial charge is 0.387 e. The van der Waals surface area contributed by atoms with Crippen LogP contribution in [0.1, 0.15) is 35.3 Å². The van der Waals surface area contributed by atoms with Crippen molar-refractivity contribution in [2.24, 2.45) is 0 Å². The van der Waals surface area contributed by atoms with Crippen LogP contribution in [-0.4, -0.2) is 71.1 Å². The highest BCUT2D eigenvalue weighted by molar-refractivity contribution is 6.00. The summed E-state index contributed by atoms with van der Waals surface area (Å²) < 4.78 is 30.6. The van der Waals surface area contributed by atoms with Gasteiger partial charge in [0, 0.05) is 75.4 Å². The van der Waals surface area contributed by atoms with Gasteiger partial charge in [-0.25, -0.2) is 9.97 Å². The first-order chi connectivity index (χ1) is 19.2. The molecule has 3 aromatic rings. The third-order valence-corrected chi connectivity index (χ3v) is 6.86. The highest BCUT2D eigenvalue weighted by atomic mass is 19.3. The zero-order valence-corrected chi connectivity index (χ0v) is 22.5. The third kappa shape index (κ3) is 6.45. The molecule has 0 spiro atoms. The van der Waals surface area contributed by atoms with Crippen LogP contribution >= 0.6 is 0 Å². The van der Waals surface area contributed by atoms with Gasteiger partial charge >= 0.3 is 6.61 Å². The number of nitrogens with one attached hydrogen (secondary N) is 2. The maximum atomic E-state index is 13.0. The van der Waals surface area contributed by atoms with Gasteiger partial charge in [0.15, 0.2) is 0 Å². The van der Waals surface area contributed by atoms with E-state index in [1.165, 1.54) is 19.2 Å². The zero-order valence-electron chi connectivity index (χ0n) is 22.5. The van der Waals surface area contributed by atoms with Gasteiger partial charge in [-0.2, -0.15) is 8.78 Å². The van der Waals surface area contributed by atoms with Crippen molar-refractivity contribution in [3.8, 4) is 16.9 Å². The second-order valence-corrected chi connectivity index (χ2v) is 9.40. The van der Waals surface area contributed by atoms with E-state index in [0.29, 0.717) is 53.5 Å². The van der Waals surface area contributed by atoms with E-state index in [9.17, 15) is 23.5 Å². The zero-order chi connectivity index (χ0) is 28.8. The Morgan fingerprint density at radius 3 is 2.52 bits per heavy atom. The average molecular weight is 555 g/mol. The van der Waals surface area contributed by atoms with Gasteiger partial charge in [-0.15, -0.1) is 0 Å². The highest BCUT2D eigenvalue weighted by Crippen LogP contribution is 2.30. The fourth-order valence-electron chi connectivity index (χ4n) is 4.71. The molecule has 0 saturated carbocycles. The van der Waals surface area contributed by atoms with Gasteiger partial charge in [-0.05, 0) is 36.2 Å². The molecule has 2 amide bonds. The Morgan fingerprint density at radius 1 is 1.15 bits per heavy atom. The molecule has 40 heavy (non-hydrogen) atoms. The van der Waals surface area contributed by atoms with E-state index < -0.39 is 6.61 Å². The van der Waals surface area contributed by atoms with Crippen LogP contribution in [-0.2, 0) is 17.9 Å². The van der Waals surface area contributed by atoms with Crippen LogP contribution in [0.4, 0.5) is 20.4 Å². The number of amides is 2. The Labute approximate surface area is 231 Å². The second kappa shape index (κ2) is 12.7. The number of ether oxygens (including phenoxy) is 1. The Balaban J connectivity index is 1.59. The van der Waals surface area contributed by atoms with Crippen LogP contribution in [0.15, 0.2) is 48.8 Å². The molecular formula is C28H32F2N6O4. The molecule has 2 aromatic carbocycles. The summed E-state index contributed by atoms with van der Waals surface area (Å²) in [6, 6.07) is 9.79. The van der Waals surface area contributed by atoms with Gasteiger partial charge in [0.1, 0.15) is 5.75 Å². The van der Waals surface area contributed by atoms with Crippen LogP contribution in [0.5, 0.6) is 5.75 Å². The van der Waals surface area contributed by atoms with Crippen LogP contribution in [0.25, 0.3) is 11.1 Å². The normalized spacial score (nSPS) is 15.2. The van der Waals surface area contributed by atoms with E-state index in [4.69, 9.17) is 0 Å². The predicted octanol–water partition coefficient (Wildman–Crippen LogP) is 3.27. The number of benzene rings is 2. The number of anilines is 2. The van der Waals surface area contributed by atoms with E-state index in [1.807, 2.05) is 6.92 Å². The van der Waals surface area contributed by atoms with Crippen molar-refractivity contribution in [2.45, 2.75) is 39.7 Å². The van der Waals surface area contributed by atoms with Crippen LogP contribution < -0.4 is 20.3 Å². The van der Waals surface area contributed by atoms with Crippen molar-refractivity contribution in [3.63, 3.8) is 0 Å².